The number of nitrogens with one attached hydrogen (secondary N) is 2. The average Bonchev–Trinajstić information content (AvgIpc) is 2.94. The largest absolute Gasteiger partial charge is 0.369 e. The number of hydrogen-bond acceptors (Lipinski definition) is 9. The molecule has 0 aliphatic rings. The van der Waals surface area contributed by atoms with Crippen LogP contribution in [0.3, 0.4) is 0 Å². The average molecular weight is 569 g/mol. The van der Waals surface area contributed by atoms with Crippen LogP contribution in [0.5, 0.6) is 0 Å². The Bertz CT molecular complexity index is 853. The summed E-state index contributed by atoms with van der Waals surface area (Å²) in [6, 6.07) is -0.706. The minimum absolute atomic E-state index is 0.0228. The Morgan fingerprint density at radius 3 is 2.05 bits per heavy atom. The maximum Gasteiger partial charge on any atom is 0.239 e. The molecule has 0 fully saturated rings. The van der Waals surface area contributed by atoms with E-state index in [2.05, 4.69) is 10.6 Å². The third-order valence-electron chi connectivity index (χ3n) is 6.16. The number of amides is 5. The maximum atomic E-state index is 12.6. The third kappa shape index (κ3) is 16.8. The summed E-state index contributed by atoms with van der Waals surface area (Å²) in [5.41, 5.74) is 22.1. The fourth-order valence-corrected chi connectivity index (χ4v) is 3.79. The van der Waals surface area contributed by atoms with Crippen molar-refractivity contribution in [3.05, 3.63) is 0 Å². The van der Waals surface area contributed by atoms with Gasteiger partial charge in [-0.3, -0.25) is 28.8 Å². The quantitative estimate of drug-likeness (QED) is 0.0548. The van der Waals surface area contributed by atoms with Crippen molar-refractivity contribution in [2.75, 3.05) is 52.4 Å². The van der Waals surface area contributed by atoms with E-state index in [4.69, 9.17) is 32.2 Å². The van der Waals surface area contributed by atoms with Crippen molar-refractivity contribution < 1.29 is 30.1 Å². The van der Waals surface area contributed by atoms with Crippen molar-refractivity contribution >= 4 is 43.2 Å². The molecular formula is C25H47BN8O6. The summed E-state index contributed by atoms with van der Waals surface area (Å²) in [5, 5.41) is 5.20. The molecule has 0 aromatic heterocycles. The summed E-state index contributed by atoms with van der Waals surface area (Å²) in [6.45, 7) is -0.336. The Labute approximate surface area is 239 Å². The van der Waals surface area contributed by atoms with E-state index in [9.17, 15) is 28.8 Å². The zero-order valence-electron chi connectivity index (χ0n) is 24.4. The van der Waals surface area contributed by atoms with Crippen molar-refractivity contribution in [3.8, 4) is 0 Å². The summed E-state index contributed by atoms with van der Waals surface area (Å²) in [5.74, 6) is -3.73. The van der Waals surface area contributed by atoms with E-state index < -0.39 is 48.3 Å². The highest BCUT2D eigenvalue weighted by atomic mass is 16.2. The van der Waals surface area contributed by atoms with Crippen LogP contribution in [0.25, 0.3) is 0 Å². The Morgan fingerprint density at radius 2 is 1.48 bits per heavy atom. The van der Waals surface area contributed by atoms with Crippen molar-refractivity contribution in [1.82, 2.24) is 20.4 Å². The van der Waals surface area contributed by atoms with Gasteiger partial charge in [0, 0.05) is 46.8 Å². The van der Waals surface area contributed by atoms with Gasteiger partial charge in [0.15, 0.2) is 5.78 Å². The number of rotatable bonds is 23. The lowest BCUT2D eigenvalue weighted by molar-refractivity contribution is -0.135. The summed E-state index contributed by atoms with van der Waals surface area (Å²) in [6.07, 6.45) is 3.19. The first kappa shape index (κ1) is 35.0. The number of nitrogens with zero attached hydrogens (tertiary/aromatic N) is 2. The topological polar surface area (TPSA) is 237 Å². The van der Waals surface area contributed by atoms with E-state index in [-0.39, 0.29) is 57.9 Å². The molecule has 0 aromatic carbocycles. The number of primary amides is 1. The van der Waals surface area contributed by atoms with Gasteiger partial charge < -0.3 is 43.4 Å². The van der Waals surface area contributed by atoms with Gasteiger partial charge in [0.05, 0.1) is 27.0 Å². The minimum atomic E-state index is -0.706. The molecule has 2 atom stereocenters. The van der Waals surface area contributed by atoms with Crippen molar-refractivity contribution in [3.63, 3.8) is 0 Å². The number of hydrogen-bond donors (Lipinski definition) is 6. The molecule has 0 saturated heterocycles. The lowest BCUT2D eigenvalue weighted by Crippen LogP contribution is -2.47. The van der Waals surface area contributed by atoms with Gasteiger partial charge in [-0.2, -0.15) is 0 Å². The van der Waals surface area contributed by atoms with Crippen LogP contribution >= 0.6 is 0 Å². The molecule has 0 aromatic rings. The fraction of sp³-hybridized carbons (Fsp3) is 0.760. The highest BCUT2D eigenvalue weighted by Gasteiger charge is 2.22. The third-order valence-corrected chi connectivity index (χ3v) is 6.16. The van der Waals surface area contributed by atoms with Gasteiger partial charge in [-0.1, -0.05) is 12.8 Å². The van der Waals surface area contributed by atoms with Gasteiger partial charge in [-0.05, 0) is 45.1 Å². The van der Waals surface area contributed by atoms with Crippen LogP contribution in [0.2, 0.25) is 6.32 Å². The first-order valence-electron chi connectivity index (χ1n) is 14.3. The molecule has 10 N–H and O–H groups in total. The van der Waals surface area contributed by atoms with Crippen LogP contribution in [-0.2, 0) is 28.8 Å². The van der Waals surface area contributed by atoms with Gasteiger partial charge >= 0.3 is 0 Å². The van der Waals surface area contributed by atoms with E-state index in [1.165, 1.54) is 4.90 Å². The zero-order valence-corrected chi connectivity index (χ0v) is 23.4. The van der Waals surface area contributed by atoms with Gasteiger partial charge in [0.25, 0.3) is 0 Å². The molecule has 15 heteroatoms. The Morgan fingerprint density at radius 1 is 0.875 bits per heavy atom. The summed E-state index contributed by atoms with van der Waals surface area (Å²) in [7, 11) is 5.45. The summed E-state index contributed by atoms with van der Waals surface area (Å²) in [4.78, 5) is 75.6. The second-order valence-electron chi connectivity index (χ2n) is 9.49. The Hall–Kier alpha value is -3.04. The monoisotopic (exact) mass is 568 g/mol. The molecule has 0 aliphatic carbocycles. The van der Waals surface area contributed by atoms with Crippen LogP contribution in [0.15, 0.2) is 0 Å². The molecule has 5 amide bonds. The molecule has 0 saturated carbocycles. The van der Waals surface area contributed by atoms with Gasteiger partial charge in [-0.15, -0.1) is 0 Å². The van der Waals surface area contributed by atoms with E-state index in [1.54, 1.807) is 0 Å². The van der Waals surface area contributed by atoms with Crippen LogP contribution < -0.4 is 33.6 Å². The highest BCUT2D eigenvalue weighted by Crippen LogP contribution is 2.13. The second-order valence-corrected chi connectivity index (χ2v) is 9.49. The Kier molecular flexibility index (Phi) is 19.0. The number of nitrogens with two attached hydrogens (primary N) is 4. The van der Waals surface area contributed by atoms with Gasteiger partial charge in [0.2, 0.25) is 29.5 Å². The van der Waals surface area contributed by atoms with Crippen molar-refractivity contribution in [1.29, 1.82) is 0 Å². The Balaban J connectivity index is 4.83. The molecule has 0 rings (SSSR count). The number of ketones is 1. The molecule has 0 unspecified atom stereocenters. The minimum Gasteiger partial charge on any atom is -0.369 e. The molecule has 14 nitrogen and oxygen atoms in total. The standard InChI is InChI=1S/C25H47BN8O6/c1-18(35)33(16-20(36)14-19(24(30)39)6-2-4-8-27)12-10-31-22(37)17-34(23(38)15-26)13-11-32-25(40)21(29)7-3-5-9-28/h19,21H,2-17,27-29H2,1H3,(H2,30,39)(H,31,37)(H,32,40)/t19-,21+/m1/s1/i1T. The first-order valence-corrected chi connectivity index (χ1v) is 13.6. The van der Waals surface area contributed by atoms with Gasteiger partial charge in [-0.25, -0.2) is 0 Å². The van der Waals surface area contributed by atoms with E-state index in [0.717, 1.165) is 11.3 Å². The molecule has 40 heavy (non-hydrogen) atoms. The van der Waals surface area contributed by atoms with Crippen LogP contribution in [0.4, 0.5) is 0 Å². The molecule has 0 bridgehead atoms. The second kappa shape index (κ2) is 21.7. The normalized spacial score (nSPS) is 12.5. The first-order chi connectivity index (χ1) is 19.5. The number of unbranched alkanes of at least 4 members (excludes halogenated alkanes) is 2. The number of carbonyl (C=O) groups is 6. The molecule has 0 aliphatic heterocycles. The lowest BCUT2D eigenvalue weighted by atomic mass is 9.95. The fourth-order valence-electron chi connectivity index (χ4n) is 3.79. The molecule has 0 heterocycles. The van der Waals surface area contributed by atoms with Crippen LogP contribution in [0, 0.1) is 5.92 Å². The summed E-state index contributed by atoms with van der Waals surface area (Å²) >= 11 is 0. The van der Waals surface area contributed by atoms with E-state index >= 15 is 0 Å². The van der Waals surface area contributed by atoms with Crippen molar-refractivity contribution in [2.45, 2.75) is 64.2 Å². The molecule has 2 radical (unpaired) electrons. The number of Topliss-reactive ketones (excluding diaryl/α,β-unsaturated/α-hetero) is 1. The molecular weight excluding hydrogens is 519 g/mol. The highest BCUT2D eigenvalue weighted by molar-refractivity contribution is 6.19. The van der Waals surface area contributed by atoms with Crippen LogP contribution in [0.1, 0.15) is 53.2 Å². The predicted octanol–water partition coefficient (Wildman–Crippen LogP) is -2.87. The zero-order chi connectivity index (χ0) is 31.2. The van der Waals surface area contributed by atoms with Gasteiger partial charge in [0.1, 0.15) is 0 Å². The lowest BCUT2D eigenvalue weighted by Gasteiger charge is -2.24. The maximum absolute atomic E-state index is 12.6. The van der Waals surface area contributed by atoms with E-state index in [1.807, 2.05) is 0 Å². The van der Waals surface area contributed by atoms with E-state index in [0.29, 0.717) is 45.2 Å². The summed E-state index contributed by atoms with van der Waals surface area (Å²) < 4.78 is 7.37. The SMILES string of the molecule is [3H]CC(=O)N(CCNC(=O)CN(CCNC(=O)[C@@H](N)CCCCN)C(=O)C[B])CC(=O)C[C@@H](CCCCN)C(N)=O. The van der Waals surface area contributed by atoms with Crippen molar-refractivity contribution in [2.24, 2.45) is 28.9 Å². The molecule has 0 spiro atoms. The predicted molar refractivity (Wildman–Crippen MR) is 152 cm³/mol. The number of carbonyl (C=O) groups excluding carboxylic acids is 6. The molecule has 226 valence electrons. The van der Waals surface area contributed by atoms with Crippen LogP contribution in [-0.4, -0.2) is 111 Å². The smallest absolute Gasteiger partial charge is 0.239 e.